The van der Waals surface area contributed by atoms with Gasteiger partial charge in [-0.25, -0.2) is 0 Å². The Balaban J connectivity index is 0.000000921. The predicted molar refractivity (Wildman–Crippen MR) is 63.1 cm³/mol. The number of hydrogen-bond acceptors (Lipinski definition) is 1. The van der Waals surface area contributed by atoms with Crippen molar-refractivity contribution in [3.05, 3.63) is 6.57 Å². The van der Waals surface area contributed by atoms with Gasteiger partial charge in [0.05, 0.1) is 19.6 Å². The number of nitrogens with one attached hydrogen (secondary N) is 1. The second-order valence-electron chi connectivity index (χ2n) is 4.59. The van der Waals surface area contributed by atoms with Crippen molar-refractivity contribution in [2.75, 3.05) is 19.6 Å². The van der Waals surface area contributed by atoms with E-state index in [1.165, 1.54) is 58.2 Å². The molecule has 0 atom stereocenters. The SMILES string of the molecule is CCCCC1CC[NH+](CCC)CC1.[C-]#N. The van der Waals surface area contributed by atoms with Crippen LogP contribution in [0.1, 0.15) is 52.4 Å². The minimum Gasteiger partial charge on any atom is -0.512 e. The Morgan fingerprint density at radius 3 is 2.20 bits per heavy atom. The van der Waals surface area contributed by atoms with E-state index in [1.54, 1.807) is 0 Å². The number of likely N-dealkylation sites (tertiary alicyclic amines) is 1. The first-order chi connectivity index (χ1) is 7.36. The van der Waals surface area contributed by atoms with Crippen molar-refractivity contribution in [2.45, 2.75) is 52.4 Å². The highest BCUT2D eigenvalue weighted by atomic mass is 15.1. The van der Waals surface area contributed by atoms with E-state index >= 15 is 0 Å². The summed E-state index contributed by atoms with van der Waals surface area (Å²) in [7, 11) is 0. The van der Waals surface area contributed by atoms with Crippen molar-refractivity contribution in [2.24, 2.45) is 5.92 Å². The van der Waals surface area contributed by atoms with Crippen molar-refractivity contribution in [3.63, 3.8) is 0 Å². The molecule has 0 bridgehead atoms. The number of unbranched alkanes of at least 4 members (excludes halogenated alkanes) is 1. The van der Waals surface area contributed by atoms with Crippen molar-refractivity contribution < 1.29 is 4.90 Å². The third-order valence-electron chi connectivity index (χ3n) is 3.38. The summed E-state index contributed by atoms with van der Waals surface area (Å²) < 4.78 is 0. The topological polar surface area (TPSA) is 28.2 Å². The summed E-state index contributed by atoms with van der Waals surface area (Å²) in [5.74, 6) is 1.07. The average Bonchev–Trinajstić information content (AvgIpc) is 2.31. The summed E-state index contributed by atoms with van der Waals surface area (Å²) in [5, 5.41) is 6.25. The van der Waals surface area contributed by atoms with Gasteiger partial charge >= 0.3 is 0 Å². The van der Waals surface area contributed by atoms with Gasteiger partial charge < -0.3 is 16.7 Å². The number of rotatable bonds is 5. The van der Waals surface area contributed by atoms with Gasteiger partial charge in [0.1, 0.15) is 0 Å². The molecule has 0 unspecified atom stereocenters. The molecule has 0 aliphatic carbocycles. The van der Waals surface area contributed by atoms with E-state index in [1.807, 2.05) is 4.90 Å². The molecule has 2 nitrogen and oxygen atoms in total. The summed E-state index contributed by atoms with van der Waals surface area (Å²) in [6, 6.07) is 0. The van der Waals surface area contributed by atoms with Crippen LogP contribution in [-0.2, 0) is 0 Å². The Hall–Kier alpha value is -0.550. The second kappa shape index (κ2) is 9.98. The van der Waals surface area contributed by atoms with Gasteiger partial charge in [-0.2, -0.15) is 0 Å². The van der Waals surface area contributed by atoms with Crippen LogP contribution >= 0.6 is 0 Å². The molecule has 0 aromatic rings. The van der Waals surface area contributed by atoms with Crippen LogP contribution < -0.4 is 4.90 Å². The van der Waals surface area contributed by atoms with Gasteiger partial charge in [-0.15, -0.1) is 0 Å². The van der Waals surface area contributed by atoms with Crippen LogP contribution in [0.5, 0.6) is 0 Å². The van der Waals surface area contributed by atoms with E-state index in [9.17, 15) is 0 Å². The minimum atomic E-state index is 1.07. The zero-order valence-electron chi connectivity index (χ0n) is 10.4. The number of hydrogen-bond donors (Lipinski definition) is 1. The van der Waals surface area contributed by atoms with Crippen molar-refractivity contribution in [1.82, 2.24) is 0 Å². The maximum atomic E-state index is 6.25. The fourth-order valence-corrected chi connectivity index (χ4v) is 2.47. The Bertz CT molecular complexity index is 146. The zero-order chi connectivity index (χ0) is 11.5. The lowest BCUT2D eigenvalue weighted by molar-refractivity contribution is -0.906. The molecule has 1 heterocycles. The quantitative estimate of drug-likeness (QED) is 0.691. The first-order valence-electron chi connectivity index (χ1n) is 6.42. The van der Waals surface area contributed by atoms with Crippen LogP contribution in [0.25, 0.3) is 0 Å². The monoisotopic (exact) mass is 210 g/mol. The van der Waals surface area contributed by atoms with E-state index in [-0.39, 0.29) is 0 Å². The van der Waals surface area contributed by atoms with Crippen LogP contribution in [0.2, 0.25) is 0 Å². The highest BCUT2D eigenvalue weighted by Crippen LogP contribution is 2.16. The van der Waals surface area contributed by atoms with Gasteiger partial charge in [0, 0.05) is 0 Å². The highest BCUT2D eigenvalue weighted by Gasteiger charge is 2.20. The first kappa shape index (κ1) is 14.5. The van der Waals surface area contributed by atoms with Crippen molar-refractivity contribution in [1.29, 1.82) is 5.26 Å². The molecule has 0 saturated carbocycles. The lowest BCUT2D eigenvalue weighted by Crippen LogP contribution is -3.13. The lowest BCUT2D eigenvalue weighted by atomic mass is 9.92. The molecule has 1 saturated heterocycles. The van der Waals surface area contributed by atoms with E-state index < -0.39 is 0 Å². The normalized spacial score (nSPS) is 25.3. The summed E-state index contributed by atoms with van der Waals surface area (Å²) in [4.78, 5) is 1.86. The van der Waals surface area contributed by atoms with Crippen molar-refractivity contribution in [3.8, 4) is 0 Å². The molecular formula is C13H26N2. The van der Waals surface area contributed by atoms with Gasteiger partial charge in [0.25, 0.3) is 0 Å². The molecule has 15 heavy (non-hydrogen) atoms. The summed E-state index contributed by atoms with van der Waals surface area (Å²) in [6.07, 6.45) is 8.67. The first-order valence-corrected chi connectivity index (χ1v) is 6.42. The Morgan fingerprint density at radius 1 is 1.13 bits per heavy atom. The van der Waals surface area contributed by atoms with Gasteiger partial charge in [-0.3, -0.25) is 0 Å². The van der Waals surface area contributed by atoms with Gasteiger partial charge in [-0.1, -0.05) is 33.1 Å². The third kappa shape index (κ3) is 6.52. The molecular weight excluding hydrogens is 184 g/mol. The van der Waals surface area contributed by atoms with Crippen LogP contribution in [0.15, 0.2) is 0 Å². The molecule has 1 aliphatic heterocycles. The molecule has 2 heteroatoms. The maximum Gasteiger partial charge on any atom is 0.0773 e. The van der Waals surface area contributed by atoms with Crippen LogP contribution in [-0.4, -0.2) is 19.6 Å². The maximum absolute atomic E-state index is 6.25. The predicted octanol–water partition coefficient (Wildman–Crippen LogP) is 1.98. The molecule has 1 N–H and O–H groups in total. The number of piperidine rings is 1. The van der Waals surface area contributed by atoms with E-state index in [4.69, 9.17) is 11.8 Å². The minimum absolute atomic E-state index is 1.07. The fourth-order valence-electron chi connectivity index (χ4n) is 2.47. The van der Waals surface area contributed by atoms with E-state index in [0.29, 0.717) is 0 Å². The smallest absolute Gasteiger partial charge is 0.0773 e. The summed E-state index contributed by atoms with van der Waals surface area (Å²) in [6.45, 7) is 13.7. The Kier molecular flexibility index (Phi) is 9.62. The zero-order valence-corrected chi connectivity index (χ0v) is 10.4. The Labute approximate surface area is 95.3 Å². The standard InChI is InChI=1S/C12H25N.CN/c1-3-5-6-12-7-10-13(9-4-2)11-8-12;1-2/h12H,3-11H2,1-2H3;/q;-1/p+1. The van der Waals surface area contributed by atoms with Gasteiger partial charge in [0.2, 0.25) is 0 Å². The molecule has 88 valence electrons. The van der Waals surface area contributed by atoms with E-state index in [2.05, 4.69) is 13.8 Å². The van der Waals surface area contributed by atoms with Gasteiger partial charge in [-0.05, 0) is 25.2 Å². The molecule has 0 aromatic heterocycles. The fraction of sp³-hybridized carbons (Fsp3) is 0.923. The van der Waals surface area contributed by atoms with Crippen LogP contribution in [0.3, 0.4) is 0 Å². The molecule has 1 rings (SSSR count). The molecule has 0 radical (unpaired) electrons. The second-order valence-corrected chi connectivity index (χ2v) is 4.59. The average molecular weight is 210 g/mol. The molecule has 1 fully saturated rings. The molecule has 0 spiro atoms. The number of nitrogens with zero attached hydrogens (tertiary/aromatic N) is 1. The summed E-state index contributed by atoms with van der Waals surface area (Å²) >= 11 is 0. The summed E-state index contributed by atoms with van der Waals surface area (Å²) in [5.41, 5.74) is 0. The molecule has 1 aliphatic rings. The highest BCUT2D eigenvalue weighted by molar-refractivity contribution is 4.61. The number of quaternary nitrogens is 1. The van der Waals surface area contributed by atoms with Crippen LogP contribution in [0.4, 0.5) is 0 Å². The Morgan fingerprint density at radius 2 is 1.73 bits per heavy atom. The van der Waals surface area contributed by atoms with Gasteiger partial charge in [0.15, 0.2) is 0 Å². The third-order valence-corrected chi connectivity index (χ3v) is 3.38. The molecule has 0 amide bonds. The largest absolute Gasteiger partial charge is 0.512 e. The van der Waals surface area contributed by atoms with Crippen molar-refractivity contribution >= 4 is 0 Å². The van der Waals surface area contributed by atoms with E-state index in [0.717, 1.165) is 5.92 Å². The molecule has 0 aromatic carbocycles. The lowest BCUT2D eigenvalue weighted by Gasteiger charge is -2.28. The van der Waals surface area contributed by atoms with Crippen LogP contribution in [0, 0.1) is 17.8 Å².